The molecule has 3 N–H and O–H groups in total. The average molecular weight is 383 g/mol. The lowest BCUT2D eigenvalue weighted by atomic mass is 10.1. The largest absolute Gasteiger partial charge is 0.493 e. The molecule has 1 heterocycles. The average Bonchev–Trinajstić information content (AvgIpc) is 3.17. The minimum atomic E-state index is -0.457. The van der Waals surface area contributed by atoms with Crippen molar-refractivity contribution >= 4 is 12.4 Å². The number of aryl methyl sites for hydroxylation is 1. The minimum Gasteiger partial charge on any atom is -0.493 e. The van der Waals surface area contributed by atoms with Crippen molar-refractivity contribution in [1.29, 1.82) is 0 Å². The lowest BCUT2D eigenvalue weighted by Crippen LogP contribution is -2.28. The number of aliphatic hydroxyl groups is 1. The van der Waals surface area contributed by atoms with E-state index in [1.165, 1.54) is 0 Å². The molecule has 0 saturated heterocycles. The van der Waals surface area contributed by atoms with E-state index in [-0.39, 0.29) is 24.4 Å². The number of hydrogen-bond acceptors (Lipinski definition) is 6. The van der Waals surface area contributed by atoms with Crippen molar-refractivity contribution in [1.82, 2.24) is 14.8 Å². The number of halogens is 1. The van der Waals surface area contributed by atoms with Crippen LogP contribution in [0.4, 0.5) is 0 Å². The number of aliphatic hydroxyl groups excluding tert-OH is 1. The zero-order valence-electron chi connectivity index (χ0n) is 15.4. The quantitative estimate of drug-likeness (QED) is 0.792. The standard InChI is InChI=1S/C18H26N4O3.ClH/c1-4-22-18(12-9-13(19)14(23)10-12)20-17(21-22)8-11-5-6-15(24-2)16(7-11)25-3;/h5-7,12-14,23H,4,8-10,19H2,1-3H3;1H/t12-,13+,14+;/m0./s1. The molecule has 1 fully saturated rings. The van der Waals surface area contributed by atoms with Gasteiger partial charge in [0.1, 0.15) is 5.82 Å². The summed E-state index contributed by atoms with van der Waals surface area (Å²) in [6, 6.07) is 5.64. The Morgan fingerprint density at radius 2 is 1.96 bits per heavy atom. The third kappa shape index (κ3) is 4.11. The van der Waals surface area contributed by atoms with Gasteiger partial charge in [-0.2, -0.15) is 5.10 Å². The fourth-order valence-corrected chi connectivity index (χ4v) is 3.44. The number of hydrogen-bond donors (Lipinski definition) is 2. The van der Waals surface area contributed by atoms with Gasteiger partial charge in [-0.15, -0.1) is 12.4 Å². The maximum atomic E-state index is 9.93. The summed E-state index contributed by atoms with van der Waals surface area (Å²) in [6.07, 6.45) is 1.55. The second-order valence-corrected chi connectivity index (χ2v) is 6.47. The highest BCUT2D eigenvalue weighted by Gasteiger charge is 2.34. The molecular formula is C18H27ClN4O3. The van der Waals surface area contributed by atoms with Crippen LogP contribution in [0.2, 0.25) is 0 Å². The first-order valence-corrected chi connectivity index (χ1v) is 8.63. The minimum absolute atomic E-state index is 0. The molecule has 0 amide bonds. The first kappa shape index (κ1) is 20.5. The van der Waals surface area contributed by atoms with E-state index in [0.29, 0.717) is 24.3 Å². The van der Waals surface area contributed by atoms with Gasteiger partial charge in [0.2, 0.25) is 0 Å². The third-order valence-corrected chi connectivity index (χ3v) is 4.80. The van der Waals surface area contributed by atoms with Crippen LogP contribution in [0, 0.1) is 0 Å². The van der Waals surface area contributed by atoms with Crippen LogP contribution in [0.3, 0.4) is 0 Å². The van der Waals surface area contributed by atoms with Gasteiger partial charge in [-0.3, -0.25) is 0 Å². The van der Waals surface area contributed by atoms with Gasteiger partial charge in [-0.1, -0.05) is 6.07 Å². The molecule has 1 aromatic heterocycles. The Hall–Kier alpha value is -1.83. The van der Waals surface area contributed by atoms with Crippen molar-refractivity contribution < 1.29 is 14.6 Å². The second-order valence-electron chi connectivity index (χ2n) is 6.47. The molecule has 0 radical (unpaired) electrons. The van der Waals surface area contributed by atoms with Crippen molar-refractivity contribution in [2.24, 2.45) is 5.73 Å². The van der Waals surface area contributed by atoms with Crippen LogP contribution in [0.25, 0.3) is 0 Å². The van der Waals surface area contributed by atoms with E-state index in [1.807, 2.05) is 29.8 Å². The highest BCUT2D eigenvalue weighted by molar-refractivity contribution is 5.85. The van der Waals surface area contributed by atoms with Crippen molar-refractivity contribution in [3.8, 4) is 11.5 Å². The number of nitrogens with zero attached hydrogens (tertiary/aromatic N) is 3. The summed E-state index contributed by atoms with van der Waals surface area (Å²) in [6.45, 7) is 2.79. The van der Waals surface area contributed by atoms with E-state index in [0.717, 1.165) is 30.2 Å². The molecule has 1 aliphatic carbocycles. The van der Waals surface area contributed by atoms with E-state index >= 15 is 0 Å². The summed E-state index contributed by atoms with van der Waals surface area (Å²) >= 11 is 0. The first-order chi connectivity index (χ1) is 12.0. The Kier molecular flexibility index (Phi) is 6.86. The van der Waals surface area contributed by atoms with Crippen LogP contribution in [-0.2, 0) is 13.0 Å². The zero-order chi connectivity index (χ0) is 18.0. The summed E-state index contributed by atoms with van der Waals surface area (Å²) < 4.78 is 12.6. The molecule has 3 rings (SSSR count). The number of aromatic nitrogens is 3. The summed E-state index contributed by atoms with van der Waals surface area (Å²) in [4.78, 5) is 4.74. The summed E-state index contributed by atoms with van der Waals surface area (Å²) in [5.74, 6) is 3.24. The smallest absolute Gasteiger partial charge is 0.161 e. The molecule has 144 valence electrons. The van der Waals surface area contributed by atoms with Crippen molar-refractivity contribution in [2.45, 2.75) is 50.8 Å². The van der Waals surface area contributed by atoms with Crippen LogP contribution in [0.1, 0.15) is 42.9 Å². The number of rotatable bonds is 6. The molecule has 0 aliphatic heterocycles. The van der Waals surface area contributed by atoms with Gasteiger partial charge in [-0.25, -0.2) is 9.67 Å². The molecule has 0 unspecified atom stereocenters. The van der Waals surface area contributed by atoms with E-state index in [1.54, 1.807) is 14.2 Å². The highest BCUT2D eigenvalue weighted by atomic mass is 35.5. The van der Waals surface area contributed by atoms with E-state index in [9.17, 15) is 5.11 Å². The van der Waals surface area contributed by atoms with Crippen molar-refractivity contribution in [3.63, 3.8) is 0 Å². The molecule has 1 aliphatic rings. The van der Waals surface area contributed by atoms with E-state index in [2.05, 4.69) is 5.10 Å². The molecule has 1 saturated carbocycles. The van der Waals surface area contributed by atoms with Crippen LogP contribution in [0.15, 0.2) is 18.2 Å². The molecular weight excluding hydrogens is 356 g/mol. The van der Waals surface area contributed by atoms with Crippen LogP contribution in [0.5, 0.6) is 11.5 Å². The van der Waals surface area contributed by atoms with Gasteiger partial charge in [-0.05, 0) is 37.5 Å². The predicted molar refractivity (Wildman–Crippen MR) is 101 cm³/mol. The van der Waals surface area contributed by atoms with Crippen LogP contribution in [-0.4, -0.2) is 46.2 Å². The molecule has 1 aromatic carbocycles. The fraction of sp³-hybridized carbons (Fsp3) is 0.556. The Balaban J connectivity index is 0.00000243. The normalized spacial score (nSPS) is 22.1. The van der Waals surface area contributed by atoms with Gasteiger partial charge < -0.3 is 20.3 Å². The van der Waals surface area contributed by atoms with Crippen LogP contribution < -0.4 is 15.2 Å². The maximum absolute atomic E-state index is 9.93. The SMILES string of the molecule is CCn1nc(Cc2ccc(OC)c(OC)c2)nc1[C@H]1C[C@@H](N)[C@H](O)C1.Cl. The Bertz CT molecular complexity index is 727. The first-order valence-electron chi connectivity index (χ1n) is 8.63. The van der Waals surface area contributed by atoms with E-state index in [4.69, 9.17) is 20.2 Å². The molecule has 7 nitrogen and oxygen atoms in total. The molecule has 3 atom stereocenters. The summed E-state index contributed by atoms with van der Waals surface area (Å²) in [5.41, 5.74) is 7.01. The topological polar surface area (TPSA) is 95.4 Å². The monoisotopic (exact) mass is 382 g/mol. The van der Waals surface area contributed by atoms with Crippen molar-refractivity contribution in [3.05, 3.63) is 35.4 Å². The van der Waals surface area contributed by atoms with Crippen molar-refractivity contribution in [2.75, 3.05) is 14.2 Å². The van der Waals surface area contributed by atoms with Gasteiger partial charge in [0, 0.05) is 24.9 Å². The molecule has 0 spiro atoms. The number of benzene rings is 1. The van der Waals surface area contributed by atoms with Gasteiger partial charge in [0.15, 0.2) is 17.3 Å². The number of ether oxygens (including phenoxy) is 2. The summed E-state index contributed by atoms with van der Waals surface area (Å²) in [7, 11) is 3.24. The number of methoxy groups -OCH3 is 2. The molecule has 0 bridgehead atoms. The number of nitrogens with two attached hydrogens (primary N) is 1. The Labute approximate surface area is 159 Å². The Morgan fingerprint density at radius 1 is 1.23 bits per heavy atom. The summed E-state index contributed by atoms with van der Waals surface area (Å²) in [5, 5.41) is 14.6. The fourth-order valence-electron chi connectivity index (χ4n) is 3.44. The third-order valence-electron chi connectivity index (χ3n) is 4.80. The van der Waals surface area contributed by atoms with Gasteiger partial charge in [0.05, 0.1) is 20.3 Å². The van der Waals surface area contributed by atoms with Crippen LogP contribution >= 0.6 is 12.4 Å². The maximum Gasteiger partial charge on any atom is 0.161 e. The van der Waals surface area contributed by atoms with E-state index < -0.39 is 6.10 Å². The predicted octanol–water partition coefficient (Wildman–Crippen LogP) is 1.89. The lowest BCUT2D eigenvalue weighted by Gasteiger charge is -2.09. The molecule has 8 heteroatoms. The molecule has 26 heavy (non-hydrogen) atoms. The zero-order valence-corrected chi connectivity index (χ0v) is 16.2. The lowest BCUT2D eigenvalue weighted by molar-refractivity contribution is 0.163. The van der Waals surface area contributed by atoms with Gasteiger partial charge in [0.25, 0.3) is 0 Å². The second kappa shape index (κ2) is 8.70. The Morgan fingerprint density at radius 3 is 2.54 bits per heavy atom. The molecule has 2 aromatic rings. The van der Waals surface area contributed by atoms with Gasteiger partial charge >= 0.3 is 0 Å². The highest BCUT2D eigenvalue weighted by Crippen LogP contribution is 2.33.